The standard InChI is InChI=1S/C31H39FN4O4/c1-30(2,32)17-9-8-16-27(38)31(19-22-11-4-3-5-12-22,29(40)36-18-10-13-23(36)21-37)35-28(39)26-20-33-24-14-6-7-15-25(24)34-26/h3-7,11-12,14-15,20,23,27,37-38H,8-10,13,16-19,21H2,1-2H3,(H,35,39)/t23-,27-,31-/m0/s1. The average Bonchev–Trinajstić information content (AvgIpc) is 3.43. The van der Waals surface area contributed by atoms with Crippen LogP contribution in [0.25, 0.3) is 11.0 Å². The third-order valence-corrected chi connectivity index (χ3v) is 7.64. The van der Waals surface area contributed by atoms with E-state index in [1.54, 1.807) is 23.1 Å². The SMILES string of the molecule is CC(C)(F)CCCC[C@H](O)[C@](Cc1ccccc1)(NC(=O)c1cnc2ccccc2n1)C(=O)N1CCC[C@H]1CO. The van der Waals surface area contributed by atoms with Crippen LogP contribution in [0.4, 0.5) is 4.39 Å². The van der Waals surface area contributed by atoms with Gasteiger partial charge in [-0.2, -0.15) is 0 Å². The zero-order chi connectivity index (χ0) is 28.8. The Hall–Kier alpha value is -3.43. The quantitative estimate of drug-likeness (QED) is 0.294. The first-order valence-electron chi connectivity index (χ1n) is 14.0. The van der Waals surface area contributed by atoms with Gasteiger partial charge in [-0.15, -0.1) is 0 Å². The Kier molecular flexibility index (Phi) is 9.48. The topological polar surface area (TPSA) is 116 Å². The molecule has 2 amide bonds. The van der Waals surface area contributed by atoms with Crippen molar-refractivity contribution >= 4 is 22.8 Å². The van der Waals surface area contributed by atoms with E-state index >= 15 is 0 Å². The van der Waals surface area contributed by atoms with Gasteiger partial charge in [0.1, 0.15) is 16.9 Å². The van der Waals surface area contributed by atoms with Gasteiger partial charge in [0.2, 0.25) is 0 Å². The molecule has 40 heavy (non-hydrogen) atoms. The first-order valence-corrected chi connectivity index (χ1v) is 14.0. The van der Waals surface area contributed by atoms with Gasteiger partial charge in [0.05, 0.1) is 36.0 Å². The van der Waals surface area contributed by atoms with Crippen LogP contribution in [0.2, 0.25) is 0 Å². The summed E-state index contributed by atoms with van der Waals surface area (Å²) in [6.07, 6.45) is 2.94. The molecular formula is C31H39FN4O4. The van der Waals surface area contributed by atoms with Crippen LogP contribution in [0, 0.1) is 0 Å². The second kappa shape index (κ2) is 12.8. The number of nitrogens with zero attached hydrogens (tertiary/aromatic N) is 3. The van der Waals surface area contributed by atoms with Crippen LogP contribution in [0.15, 0.2) is 60.8 Å². The van der Waals surface area contributed by atoms with Crippen molar-refractivity contribution < 1.29 is 24.2 Å². The molecule has 0 aliphatic carbocycles. The molecule has 3 aromatic rings. The van der Waals surface area contributed by atoms with Gasteiger partial charge < -0.3 is 20.4 Å². The number of hydrogen-bond donors (Lipinski definition) is 3. The molecule has 214 valence electrons. The summed E-state index contributed by atoms with van der Waals surface area (Å²) < 4.78 is 14.1. The first-order chi connectivity index (χ1) is 19.1. The van der Waals surface area contributed by atoms with Gasteiger partial charge in [-0.3, -0.25) is 14.6 Å². The van der Waals surface area contributed by atoms with Crippen molar-refractivity contribution in [1.82, 2.24) is 20.2 Å². The summed E-state index contributed by atoms with van der Waals surface area (Å²) in [7, 11) is 0. The number of aliphatic hydroxyl groups excluding tert-OH is 2. The van der Waals surface area contributed by atoms with Crippen LogP contribution in [0.3, 0.4) is 0 Å². The van der Waals surface area contributed by atoms with E-state index < -0.39 is 35.2 Å². The Balaban J connectivity index is 1.72. The molecule has 3 N–H and O–H groups in total. The molecule has 4 rings (SSSR count). The minimum absolute atomic E-state index is 0.0236. The summed E-state index contributed by atoms with van der Waals surface area (Å²) in [6.45, 7) is 3.23. The van der Waals surface area contributed by atoms with E-state index in [4.69, 9.17) is 0 Å². The number of aromatic nitrogens is 2. The highest BCUT2D eigenvalue weighted by Gasteiger charge is 2.50. The molecule has 0 bridgehead atoms. The molecule has 1 aromatic heterocycles. The van der Waals surface area contributed by atoms with Crippen molar-refractivity contribution in [3.05, 3.63) is 72.1 Å². The number of halogens is 1. The predicted molar refractivity (Wildman–Crippen MR) is 151 cm³/mol. The average molecular weight is 551 g/mol. The molecule has 1 saturated heterocycles. The highest BCUT2D eigenvalue weighted by Crippen LogP contribution is 2.30. The van der Waals surface area contributed by atoms with E-state index in [1.807, 2.05) is 36.4 Å². The predicted octanol–water partition coefficient (Wildman–Crippen LogP) is 3.99. The zero-order valence-electron chi connectivity index (χ0n) is 23.2. The third kappa shape index (κ3) is 7.01. The van der Waals surface area contributed by atoms with Crippen molar-refractivity contribution in [2.45, 2.75) is 82.1 Å². The summed E-state index contributed by atoms with van der Waals surface area (Å²) >= 11 is 0. The second-order valence-electron chi connectivity index (χ2n) is 11.3. The molecule has 1 aliphatic heterocycles. The van der Waals surface area contributed by atoms with E-state index in [1.165, 1.54) is 20.0 Å². The lowest BCUT2D eigenvalue weighted by Gasteiger charge is -2.41. The van der Waals surface area contributed by atoms with Gasteiger partial charge in [-0.25, -0.2) is 9.37 Å². The van der Waals surface area contributed by atoms with Crippen molar-refractivity contribution in [2.75, 3.05) is 13.2 Å². The molecule has 2 heterocycles. The number of alkyl halides is 1. The Bertz CT molecular complexity index is 1300. The van der Waals surface area contributed by atoms with Crippen LogP contribution in [-0.2, 0) is 11.2 Å². The van der Waals surface area contributed by atoms with Gasteiger partial charge in [0.15, 0.2) is 0 Å². The number of unbranched alkanes of at least 4 members (excludes halogenated alkanes) is 1. The Morgan fingerprint density at radius 1 is 1.10 bits per heavy atom. The fraction of sp³-hybridized carbons (Fsp3) is 0.484. The van der Waals surface area contributed by atoms with Crippen LogP contribution >= 0.6 is 0 Å². The van der Waals surface area contributed by atoms with E-state index in [9.17, 15) is 24.2 Å². The molecule has 8 nitrogen and oxygen atoms in total. The van der Waals surface area contributed by atoms with Gasteiger partial charge in [0, 0.05) is 13.0 Å². The smallest absolute Gasteiger partial charge is 0.272 e. The second-order valence-corrected chi connectivity index (χ2v) is 11.3. The Morgan fingerprint density at radius 3 is 2.50 bits per heavy atom. The normalized spacial score (nSPS) is 17.9. The Labute approximate surface area is 234 Å². The maximum atomic E-state index is 14.4. The minimum atomic E-state index is -1.74. The largest absolute Gasteiger partial charge is 0.394 e. The van der Waals surface area contributed by atoms with Crippen molar-refractivity contribution in [3.63, 3.8) is 0 Å². The van der Waals surface area contributed by atoms with Gasteiger partial charge in [-0.1, -0.05) is 55.3 Å². The molecule has 9 heteroatoms. The first kappa shape index (κ1) is 29.6. The number of carbonyl (C=O) groups excluding carboxylic acids is 2. The van der Waals surface area contributed by atoms with Crippen molar-refractivity contribution in [2.24, 2.45) is 0 Å². The lowest BCUT2D eigenvalue weighted by Crippen LogP contribution is -2.68. The van der Waals surface area contributed by atoms with Crippen molar-refractivity contribution in [3.8, 4) is 0 Å². The number of para-hydroxylation sites is 2. The van der Waals surface area contributed by atoms with E-state index in [0.29, 0.717) is 49.7 Å². The molecule has 2 aromatic carbocycles. The summed E-state index contributed by atoms with van der Waals surface area (Å²) in [5, 5.41) is 24.6. The van der Waals surface area contributed by atoms with Gasteiger partial charge in [-0.05, 0) is 57.2 Å². The highest BCUT2D eigenvalue weighted by molar-refractivity contribution is 5.99. The number of rotatable bonds is 12. The molecule has 0 spiro atoms. The lowest BCUT2D eigenvalue weighted by molar-refractivity contribution is -0.145. The molecule has 0 saturated carbocycles. The molecular weight excluding hydrogens is 511 g/mol. The summed E-state index contributed by atoms with van der Waals surface area (Å²) in [5.74, 6) is -1.08. The lowest BCUT2D eigenvalue weighted by atomic mass is 9.80. The molecule has 1 aliphatic rings. The summed E-state index contributed by atoms with van der Waals surface area (Å²) in [6, 6.07) is 16.0. The van der Waals surface area contributed by atoms with E-state index in [0.717, 1.165) is 5.56 Å². The fourth-order valence-electron chi connectivity index (χ4n) is 5.45. The van der Waals surface area contributed by atoms with Crippen LogP contribution in [0.5, 0.6) is 0 Å². The summed E-state index contributed by atoms with van der Waals surface area (Å²) in [4.78, 5) is 38.5. The van der Waals surface area contributed by atoms with E-state index in [2.05, 4.69) is 15.3 Å². The fourth-order valence-corrected chi connectivity index (χ4v) is 5.45. The number of nitrogens with one attached hydrogen (secondary N) is 1. The number of amides is 2. The molecule has 1 fully saturated rings. The van der Waals surface area contributed by atoms with Crippen LogP contribution in [0.1, 0.15) is 68.4 Å². The number of fused-ring (bicyclic) bond motifs is 1. The third-order valence-electron chi connectivity index (χ3n) is 7.64. The number of hydrogen-bond acceptors (Lipinski definition) is 6. The number of benzene rings is 2. The minimum Gasteiger partial charge on any atom is -0.394 e. The number of likely N-dealkylation sites (tertiary alicyclic amines) is 1. The van der Waals surface area contributed by atoms with Gasteiger partial charge >= 0.3 is 0 Å². The van der Waals surface area contributed by atoms with Crippen LogP contribution < -0.4 is 5.32 Å². The van der Waals surface area contributed by atoms with Gasteiger partial charge in [0.25, 0.3) is 11.8 Å². The maximum absolute atomic E-state index is 14.4. The van der Waals surface area contributed by atoms with Crippen molar-refractivity contribution in [1.29, 1.82) is 0 Å². The molecule has 0 unspecified atom stereocenters. The van der Waals surface area contributed by atoms with Crippen LogP contribution in [-0.4, -0.2) is 73.4 Å². The zero-order valence-corrected chi connectivity index (χ0v) is 23.2. The molecule has 0 radical (unpaired) electrons. The number of aliphatic hydroxyl groups is 2. The maximum Gasteiger partial charge on any atom is 0.272 e. The highest BCUT2D eigenvalue weighted by atomic mass is 19.1. The van der Waals surface area contributed by atoms with E-state index in [-0.39, 0.29) is 25.1 Å². The number of carbonyl (C=O) groups is 2. The Morgan fingerprint density at radius 2 is 1.80 bits per heavy atom. The molecule has 3 atom stereocenters. The summed E-state index contributed by atoms with van der Waals surface area (Å²) in [5.41, 5.74) is -1.14. The monoisotopic (exact) mass is 550 g/mol.